The Kier molecular flexibility index (Phi) is 5.35. The van der Waals surface area contributed by atoms with Gasteiger partial charge >= 0.3 is 11.9 Å². The topological polar surface area (TPSA) is 40.5 Å². The van der Waals surface area contributed by atoms with Gasteiger partial charge in [-0.2, -0.15) is 8.78 Å². The lowest BCUT2D eigenvalue weighted by atomic mass is 10.1. The normalized spacial score (nSPS) is 13.4. The van der Waals surface area contributed by atoms with Gasteiger partial charge in [-0.15, -0.1) is 0 Å². The Morgan fingerprint density at radius 2 is 1.67 bits per heavy atom. The number of halogens is 2. The number of carboxylic acid groups (broad SMARTS) is 1. The Morgan fingerprint density at radius 1 is 0.967 bits per heavy atom. The molecule has 3 aromatic carbocycles. The molecule has 3 aromatic rings. The number of fused-ring (bicyclic) bond motifs is 1. The molecule has 30 heavy (non-hydrogen) atoms. The summed E-state index contributed by atoms with van der Waals surface area (Å²) in [7, 11) is 0. The zero-order valence-corrected chi connectivity index (χ0v) is 16.1. The summed E-state index contributed by atoms with van der Waals surface area (Å²) in [6, 6.07) is 20.0. The molecule has 1 N–H and O–H groups in total. The van der Waals surface area contributed by atoms with Crippen molar-refractivity contribution in [2.75, 3.05) is 0 Å². The van der Waals surface area contributed by atoms with Gasteiger partial charge in [0.25, 0.3) is 0 Å². The van der Waals surface area contributed by atoms with E-state index in [9.17, 15) is 13.6 Å². The summed E-state index contributed by atoms with van der Waals surface area (Å²) >= 11 is 0. The molecule has 3 nitrogen and oxygen atoms in total. The van der Waals surface area contributed by atoms with E-state index < -0.39 is 11.9 Å². The van der Waals surface area contributed by atoms with Crippen LogP contribution in [0, 0.1) is 11.8 Å². The van der Waals surface area contributed by atoms with Gasteiger partial charge in [-0.3, -0.25) is 4.90 Å². The molecule has 0 saturated heterocycles. The summed E-state index contributed by atoms with van der Waals surface area (Å²) < 4.78 is 28.6. The summed E-state index contributed by atoms with van der Waals surface area (Å²) in [5.74, 6) is 0.581. The fourth-order valence-corrected chi connectivity index (χ4v) is 3.54. The van der Waals surface area contributed by atoms with E-state index in [1.54, 1.807) is 36.4 Å². The highest BCUT2D eigenvalue weighted by Crippen LogP contribution is 2.28. The van der Waals surface area contributed by atoms with E-state index in [0.717, 1.165) is 23.2 Å². The third-order valence-corrected chi connectivity index (χ3v) is 5.10. The van der Waals surface area contributed by atoms with Crippen LogP contribution >= 0.6 is 0 Å². The van der Waals surface area contributed by atoms with Crippen molar-refractivity contribution in [3.05, 3.63) is 106 Å². The summed E-state index contributed by atoms with van der Waals surface area (Å²) in [5.41, 5.74) is 3.97. The largest absolute Gasteiger partial charge is 0.478 e. The number of alkyl halides is 2. The number of carboxylic acids is 1. The molecule has 4 rings (SSSR count). The molecular weight excluding hydrogens is 384 g/mol. The highest BCUT2D eigenvalue weighted by Gasteiger charge is 2.28. The van der Waals surface area contributed by atoms with Crippen LogP contribution in [0.4, 0.5) is 8.78 Å². The lowest BCUT2D eigenvalue weighted by molar-refractivity contribution is 0.0638. The van der Waals surface area contributed by atoms with Crippen molar-refractivity contribution in [2.24, 2.45) is 0 Å². The SMILES string of the molecule is O=C(O)c1ccc(CN2Cc3ccc(C#CC(F)(F)c4ccccc4)cc3C2)cc1. The minimum absolute atomic E-state index is 0.112. The summed E-state index contributed by atoms with van der Waals surface area (Å²) in [6.45, 7) is 2.13. The predicted molar refractivity (Wildman–Crippen MR) is 110 cm³/mol. The minimum Gasteiger partial charge on any atom is -0.478 e. The fraction of sp³-hybridized carbons (Fsp3) is 0.160. The summed E-state index contributed by atoms with van der Waals surface area (Å²) in [6.07, 6.45) is 0. The van der Waals surface area contributed by atoms with Crippen LogP contribution < -0.4 is 0 Å². The quantitative estimate of drug-likeness (QED) is 0.620. The monoisotopic (exact) mass is 403 g/mol. The van der Waals surface area contributed by atoms with Gasteiger partial charge in [0.1, 0.15) is 0 Å². The van der Waals surface area contributed by atoms with Crippen LogP contribution in [0.5, 0.6) is 0 Å². The van der Waals surface area contributed by atoms with E-state index in [2.05, 4.69) is 16.7 Å². The molecule has 0 amide bonds. The Bertz CT molecular complexity index is 1130. The molecule has 0 fully saturated rings. The molecule has 0 aliphatic carbocycles. The Hall–Kier alpha value is -3.49. The van der Waals surface area contributed by atoms with E-state index >= 15 is 0 Å². The minimum atomic E-state index is -3.20. The standard InChI is InChI=1S/C25H19F2NO2/c26-25(27,23-4-2-1-3-5-23)13-12-18-6-11-21-16-28(17-22(21)14-18)15-19-7-9-20(10-8-19)24(29)30/h1-11,14H,15-17H2,(H,29,30). The summed E-state index contributed by atoms with van der Waals surface area (Å²) in [4.78, 5) is 13.2. The van der Waals surface area contributed by atoms with Gasteiger partial charge in [-0.1, -0.05) is 54.5 Å². The number of nitrogens with zero attached hydrogens (tertiary/aromatic N) is 1. The average Bonchev–Trinajstić information content (AvgIpc) is 3.15. The fourth-order valence-electron chi connectivity index (χ4n) is 3.54. The second-order valence-corrected chi connectivity index (χ2v) is 7.32. The third-order valence-electron chi connectivity index (χ3n) is 5.10. The van der Waals surface area contributed by atoms with Gasteiger partial charge in [-0.25, -0.2) is 4.79 Å². The maximum Gasteiger partial charge on any atom is 0.335 e. The smallest absolute Gasteiger partial charge is 0.335 e. The number of rotatable bonds is 4. The number of benzene rings is 3. The first kappa shape index (κ1) is 19.8. The molecule has 5 heteroatoms. The highest BCUT2D eigenvalue weighted by molar-refractivity contribution is 5.87. The molecule has 0 bridgehead atoms. The zero-order chi connectivity index (χ0) is 21.1. The van der Waals surface area contributed by atoms with Crippen molar-refractivity contribution < 1.29 is 18.7 Å². The Morgan fingerprint density at radius 3 is 2.37 bits per heavy atom. The number of hydrogen-bond donors (Lipinski definition) is 1. The Labute approximate surface area is 173 Å². The first-order valence-electron chi connectivity index (χ1n) is 9.54. The van der Waals surface area contributed by atoms with E-state index in [0.29, 0.717) is 18.7 Å². The van der Waals surface area contributed by atoms with E-state index in [-0.39, 0.29) is 11.1 Å². The molecule has 1 aliphatic rings. The lowest BCUT2D eigenvalue weighted by Gasteiger charge is -2.14. The van der Waals surface area contributed by atoms with E-state index in [1.807, 2.05) is 24.3 Å². The average molecular weight is 403 g/mol. The van der Waals surface area contributed by atoms with Crippen molar-refractivity contribution >= 4 is 5.97 Å². The number of carbonyl (C=O) groups is 1. The van der Waals surface area contributed by atoms with Crippen molar-refractivity contribution in [3.63, 3.8) is 0 Å². The second-order valence-electron chi connectivity index (χ2n) is 7.32. The van der Waals surface area contributed by atoms with Crippen LogP contribution in [0.25, 0.3) is 0 Å². The molecule has 150 valence electrons. The number of hydrogen-bond acceptors (Lipinski definition) is 2. The maximum absolute atomic E-state index is 14.3. The van der Waals surface area contributed by atoms with Crippen molar-refractivity contribution in [1.29, 1.82) is 0 Å². The van der Waals surface area contributed by atoms with Crippen LogP contribution in [0.3, 0.4) is 0 Å². The zero-order valence-electron chi connectivity index (χ0n) is 16.1. The van der Waals surface area contributed by atoms with Crippen molar-refractivity contribution in [3.8, 4) is 11.8 Å². The lowest BCUT2D eigenvalue weighted by Crippen LogP contribution is -2.15. The van der Waals surface area contributed by atoms with Crippen LogP contribution in [0.2, 0.25) is 0 Å². The molecule has 0 aromatic heterocycles. The molecule has 1 heterocycles. The second kappa shape index (κ2) is 8.10. The summed E-state index contributed by atoms with van der Waals surface area (Å²) in [5, 5.41) is 8.99. The van der Waals surface area contributed by atoms with Gasteiger partial charge in [0.05, 0.1) is 5.56 Å². The van der Waals surface area contributed by atoms with E-state index in [4.69, 9.17) is 5.11 Å². The highest BCUT2D eigenvalue weighted by atomic mass is 19.3. The molecule has 0 unspecified atom stereocenters. The molecule has 0 atom stereocenters. The van der Waals surface area contributed by atoms with E-state index in [1.165, 1.54) is 12.1 Å². The van der Waals surface area contributed by atoms with Crippen LogP contribution in [0.15, 0.2) is 72.8 Å². The van der Waals surface area contributed by atoms with Gasteiger partial charge in [-0.05, 0) is 46.9 Å². The first-order chi connectivity index (χ1) is 14.4. The van der Waals surface area contributed by atoms with Gasteiger partial charge in [0.2, 0.25) is 0 Å². The number of aromatic carboxylic acids is 1. The van der Waals surface area contributed by atoms with Crippen LogP contribution in [-0.4, -0.2) is 16.0 Å². The van der Waals surface area contributed by atoms with Gasteiger partial charge in [0, 0.05) is 30.8 Å². The Balaban J connectivity index is 1.45. The third kappa shape index (κ3) is 4.40. The van der Waals surface area contributed by atoms with Crippen LogP contribution in [0.1, 0.15) is 38.2 Å². The first-order valence-corrected chi connectivity index (χ1v) is 9.54. The van der Waals surface area contributed by atoms with Crippen LogP contribution in [-0.2, 0) is 25.6 Å². The molecule has 0 spiro atoms. The van der Waals surface area contributed by atoms with Gasteiger partial charge in [0.15, 0.2) is 0 Å². The molecule has 0 radical (unpaired) electrons. The van der Waals surface area contributed by atoms with Gasteiger partial charge < -0.3 is 5.11 Å². The van der Waals surface area contributed by atoms with Crippen molar-refractivity contribution in [1.82, 2.24) is 4.90 Å². The molecule has 1 aliphatic heterocycles. The maximum atomic E-state index is 14.3. The van der Waals surface area contributed by atoms with Crippen molar-refractivity contribution in [2.45, 2.75) is 25.6 Å². The molecular formula is C25H19F2NO2. The molecule has 0 saturated carbocycles. The predicted octanol–water partition coefficient (Wildman–Crippen LogP) is 5.04.